The van der Waals surface area contributed by atoms with Gasteiger partial charge in [-0.2, -0.15) is 0 Å². The molecule has 190 valence electrons. The van der Waals surface area contributed by atoms with E-state index in [-0.39, 0.29) is 18.2 Å². The van der Waals surface area contributed by atoms with Crippen molar-refractivity contribution in [3.63, 3.8) is 0 Å². The molecule has 0 aliphatic carbocycles. The second kappa shape index (κ2) is 13.3. The van der Waals surface area contributed by atoms with Crippen LogP contribution in [0.2, 0.25) is 0 Å². The molecule has 8 heteroatoms. The number of amides is 3. The van der Waals surface area contributed by atoms with Gasteiger partial charge in [0, 0.05) is 17.4 Å². The largest absolute Gasteiger partial charge is 0.444 e. The van der Waals surface area contributed by atoms with Crippen molar-refractivity contribution in [1.29, 1.82) is 0 Å². The van der Waals surface area contributed by atoms with E-state index < -0.39 is 29.7 Å². The van der Waals surface area contributed by atoms with Gasteiger partial charge in [-0.05, 0) is 43.9 Å². The van der Waals surface area contributed by atoms with E-state index in [1.165, 1.54) is 0 Å². The summed E-state index contributed by atoms with van der Waals surface area (Å²) in [5.41, 5.74) is 1.11. The van der Waals surface area contributed by atoms with Crippen LogP contribution in [0.5, 0.6) is 0 Å². The molecule has 0 heterocycles. The van der Waals surface area contributed by atoms with Crippen molar-refractivity contribution < 1.29 is 19.1 Å². The Labute approximate surface area is 216 Å². The van der Waals surface area contributed by atoms with E-state index >= 15 is 0 Å². The summed E-state index contributed by atoms with van der Waals surface area (Å²) in [7, 11) is 0. The van der Waals surface area contributed by atoms with E-state index in [0.717, 1.165) is 15.6 Å². The highest BCUT2D eigenvalue weighted by Gasteiger charge is 2.31. The van der Waals surface area contributed by atoms with Crippen LogP contribution in [0.4, 0.5) is 4.79 Å². The second-order valence-corrected chi connectivity index (χ2v) is 10.4. The third kappa shape index (κ3) is 9.72. The molecule has 0 spiro atoms. The number of ether oxygens (including phenoxy) is 1. The highest BCUT2D eigenvalue weighted by molar-refractivity contribution is 9.10. The minimum atomic E-state index is -0.908. The molecule has 0 radical (unpaired) electrons. The molecular formula is C27H36BrN3O4. The molecule has 0 aliphatic heterocycles. The van der Waals surface area contributed by atoms with E-state index in [2.05, 4.69) is 31.9 Å². The molecule has 0 bridgehead atoms. The van der Waals surface area contributed by atoms with Gasteiger partial charge in [0.05, 0.1) is 0 Å². The molecule has 0 fully saturated rings. The monoisotopic (exact) mass is 545 g/mol. The third-order valence-electron chi connectivity index (χ3n) is 5.49. The summed E-state index contributed by atoms with van der Waals surface area (Å²) in [5, 5.41) is 8.48. The van der Waals surface area contributed by atoms with Gasteiger partial charge >= 0.3 is 6.09 Å². The van der Waals surface area contributed by atoms with Crippen molar-refractivity contribution in [3.8, 4) is 0 Å². The van der Waals surface area contributed by atoms with E-state index in [1.54, 1.807) is 20.8 Å². The lowest BCUT2D eigenvalue weighted by atomic mass is 9.97. The van der Waals surface area contributed by atoms with Crippen molar-refractivity contribution in [3.05, 3.63) is 70.2 Å². The third-order valence-corrected chi connectivity index (χ3v) is 6.27. The highest BCUT2D eigenvalue weighted by atomic mass is 79.9. The number of hydrogen-bond acceptors (Lipinski definition) is 4. The van der Waals surface area contributed by atoms with Gasteiger partial charge in [-0.3, -0.25) is 9.59 Å². The van der Waals surface area contributed by atoms with Crippen molar-refractivity contribution in [2.75, 3.05) is 0 Å². The van der Waals surface area contributed by atoms with E-state index in [4.69, 9.17) is 4.74 Å². The maximum atomic E-state index is 13.3. The number of carbonyl (C=O) groups excluding carboxylic acids is 3. The Kier molecular flexibility index (Phi) is 10.8. The quantitative estimate of drug-likeness (QED) is 0.402. The summed E-state index contributed by atoms with van der Waals surface area (Å²) in [6.45, 7) is 9.47. The Morgan fingerprint density at radius 3 is 2.17 bits per heavy atom. The fourth-order valence-electron chi connectivity index (χ4n) is 3.40. The molecular weight excluding hydrogens is 510 g/mol. The van der Waals surface area contributed by atoms with Crippen LogP contribution in [-0.2, 0) is 27.3 Å². The fraction of sp³-hybridized carbons (Fsp3) is 0.444. The molecule has 0 aromatic heterocycles. The molecule has 0 aliphatic rings. The number of alkyl carbamates (subject to hydrolysis) is 1. The molecule has 35 heavy (non-hydrogen) atoms. The first kappa shape index (κ1) is 28.4. The highest BCUT2D eigenvalue weighted by Crippen LogP contribution is 2.16. The van der Waals surface area contributed by atoms with Gasteiger partial charge in [0.15, 0.2) is 0 Å². The molecule has 3 atom stereocenters. The normalized spacial score (nSPS) is 13.8. The second-order valence-electron chi connectivity index (χ2n) is 9.57. The van der Waals surface area contributed by atoms with Gasteiger partial charge in [0.25, 0.3) is 0 Å². The molecule has 3 amide bonds. The van der Waals surface area contributed by atoms with Crippen molar-refractivity contribution in [1.82, 2.24) is 16.0 Å². The minimum absolute atomic E-state index is 0.114. The zero-order valence-corrected chi connectivity index (χ0v) is 22.6. The molecule has 1 unspecified atom stereocenters. The van der Waals surface area contributed by atoms with Gasteiger partial charge in [0.1, 0.15) is 17.7 Å². The Morgan fingerprint density at radius 1 is 0.943 bits per heavy atom. The van der Waals surface area contributed by atoms with Crippen LogP contribution in [0.1, 0.15) is 52.2 Å². The van der Waals surface area contributed by atoms with E-state index in [0.29, 0.717) is 13.0 Å². The maximum Gasteiger partial charge on any atom is 0.408 e. The number of rotatable bonds is 10. The van der Waals surface area contributed by atoms with Gasteiger partial charge in [-0.25, -0.2) is 4.79 Å². The van der Waals surface area contributed by atoms with Crippen LogP contribution in [-0.4, -0.2) is 35.6 Å². The summed E-state index contributed by atoms with van der Waals surface area (Å²) >= 11 is 3.49. The summed E-state index contributed by atoms with van der Waals surface area (Å²) in [5.74, 6) is -0.836. The average Bonchev–Trinajstić information content (AvgIpc) is 2.80. The zero-order valence-electron chi connectivity index (χ0n) is 21.1. The average molecular weight is 547 g/mol. The Hall–Kier alpha value is -2.87. The first-order valence-electron chi connectivity index (χ1n) is 11.8. The number of hydrogen-bond donors (Lipinski definition) is 3. The number of carbonyl (C=O) groups is 3. The van der Waals surface area contributed by atoms with Crippen LogP contribution >= 0.6 is 15.9 Å². The summed E-state index contributed by atoms with van der Waals surface area (Å²) in [6, 6.07) is 15.4. The smallest absolute Gasteiger partial charge is 0.408 e. The maximum absolute atomic E-state index is 13.3. The predicted octanol–water partition coefficient (Wildman–Crippen LogP) is 4.73. The van der Waals surface area contributed by atoms with E-state index in [1.807, 2.05) is 68.4 Å². The topological polar surface area (TPSA) is 96.5 Å². The van der Waals surface area contributed by atoms with Crippen molar-refractivity contribution >= 4 is 33.8 Å². The number of benzene rings is 2. The van der Waals surface area contributed by atoms with Crippen molar-refractivity contribution in [2.24, 2.45) is 5.92 Å². The predicted molar refractivity (Wildman–Crippen MR) is 141 cm³/mol. The van der Waals surface area contributed by atoms with Crippen LogP contribution in [0.15, 0.2) is 59.1 Å². The van der Waals surface area contributed by atoms with Gasteiger partial charge in [0.2, 0.25) is 11.8 Å². The van der Waals surface area contributed by atoms with E-state index in [9.17, 15) is 14.4 Å². The molecule has 2 rings (SSSR count). The fourth-order valence-corrected chi connectivity index (χ4v) is 3.82. The molecule has 0 saturated carbocycles. The molecule has 0 saturated heterocycles. The lowest BCUT2D eigenvalue weighted by molar-refractivity contribution is -0.131. The summed E-state index contributed by atoms with van der Waals surface area (Å²) in [6.07, 6.45) is 0.264. The lowest BCUT2D eigenvalue weighted by Gasteiger charge is -2.27. The Morgan fingerprint density at radius 2 is 1.57 bits per heavy atom. The van der Waals surface area contributed by atoms with Gasteiger partial charge in [-0.1, -0.05) is 84.7 Å². The molecule has 3 N–H and O–H groups in total. The lowest BCUT2D eigenvalue weighted by Crippen LogP contribution is -2.56. The number of halogens is 1. The zero-order chi connectivity index (χ0) is 26.0. The Bertz CT molecular complexity index is 991. The first-order valence-corrected chi connectivity index (χ1v) is 12.6. The Balaban J connectivity index is 2.16. The van der Waals surface area contributed by atoms with Gasteiger partial charge in [-0.15, -0.1) is 0 Å². The van der Waals surface area contributed by atoms with Crippen LogP contribution in [0, 0.1) is 5.92 Å². The summed E-state index contributed by atoms with van der Waals surface area (Å²) < 4.78 is 6.26. The van der Waals surface area contributed by atoms with Crippen molar-refractivity contribution in [2.45, 2.75) is 71.7 Å². The molecule has 2 aromatic carbocycles. The SMILES string of the molecule is CCC(C)[C@H](NC(=O)[C@H](Cc1ccccc1)NC(=O)OC(C)(C)C)C(=O)NCc1ccccc1Br. The van der Waals surface area contributed by atoms with Crippen LogP contribution in [0.3, 0.4) is 0 Å². The number of nitrogens with one attached hydrogen (secondary N) is 3. The summed E-state index contributed by atoms with van der Waals surface area (Å²) in [4.78, 5) is 38.9. The van der Waals surface area contributed by atoms with Gasteiger partial charge < -0.3 is 20.7 Å². The molecule has 7 nitrogen and oxygen atoms in total. The molecule has 2 aromatic rings. The first-order chi connectivity index (χ1) is 16.5. The minimum Gasteiger partial charge on any atom is -0.444 e. The van der Waals surface area contributed by atoms with Crippen LogP contribution in [0.25, 0.3) is 0 Å². The van der Waals surface area contributed by atoms with Crippen LogP contribution < -0.4 is 16.0 Å². The standard InChI is InChI=1S/C27H36BrN3O4/c1-6-18(2)23(25(33)29-17-20-14-10-11-15-21(20)28)31-24(32)22(16-19-12-8-7-9-13-19)30-26(34)35-27(3,4)5/h7-15,18,22-23H,6,16-17H2,1-5H3,(H,29,33)(H,30,34)(H,31,32)/t18?,22-,23-/m0/s1.